The molecule has 0 spiro atoms. The number of hydrogen-bond acceptors (Lipinski definition) is 0. The fraction of sp³-hybridized carbons (Fsp3) is 0.288. The van der Waals surface area contributed by atoms with Crippen molar-refractivity contribution in [3.8, 4) is 11.1 Å². The topological polar surface area (TPSA) is 16.6 Å². The first-order valence-electron chi connectivity index (χ1n) is 34.0. The highest BCUT2D eigenvalue weighted by Crippen LogP contribution is 2.55. The molecule has 0 fully saturated rings. The molecule has 10 rings (SSSR count). The number of halogens is 50. The summed E-state index contributed by atoms with van der Waals surface area (Å²) in [4.78, 5) is 0. The van der Waals surface area contributed by atoms with Crippen molar-refractivity contribution in [1.82, 2.24) is 0 Å². The zero-order chi connectivity index (χ0) is 95.6. The second kappa shape index (κ2) is 35.5. The maximum absolute atomic E-state index is 17.3. The molecule has 0 aliphatic heterocycles. The van der Waals surface area contributed by atoms with Crippen molar-refractivity contribution in [3.63, 3.8) is 0 Å². The Morgan fingerprint density at radius 3 is 0.760 bits per heavy atom. The minimum absolute atomic E-state index is 0.0988. The van der Waals surface area contributed by atoms with Gasteiger partial charge in [-0.3, -0.25) is 5.32 Å². The Kier molecular flexibility index (Phi) is 28.6. The van der Waals surface area contributed by atoms with E-state index in [1.165, 1.54) is 0 Å². The van der Waals surface area contributed by atoms with Crippen molar-refractivity contribution in [2.24, 2.45) is 5.92 Å². The van der Waals surface area contributed by atoms with E-state index in [1.54, 1.807) is 0 Å². The molecule has 0 aliphatic carbocycles. The van der Waals surface area contributed by atoms with Crippen molar-refractivity contribution in [3.05, 3.63) is 221 Å². The average Bonchev–Trinajstić information content (AvgIpc) is 0.659. The first kappa shape index (κ1) is 101. The summed E-state index contributed by atoms with van der Waals surface area (Å²) in [6.07, 6.45) is -9.51. The highest BCUT2D eigenvalue weighted by molar-refractivity contribution is 7.23. The van der Waals surface area contributed by atoms with Crippen LogP contribution in [-0.2, 0) is 12.1 Å². The van der Waals surface area contributed by atoms with Gasteiger partial charge in [0.15, 0.2) is 180 Å². The summed E-state index contributed by atoms with van der Waals surface area (Å²) in [6.45, 7) is 5.49. The van der Waals surface area contributed by atoms with Gasteiger partial charge < -0.3 is 0 Å². The molecule has 0 amide bonds. The lowest BCUT2D eigenvalue weighted by atomic mass is 9.88. The van der Waals surface area contributed by atoms with Gasteiger partial charge in [0.1, 0.15) is 28.8 Å². The second-order valence-corrected chi connectivity index (χ2v) is 30.8. The van der Waals surface area contributed by atoms with Crippen LogP contribution in [0.1, 0.15) is 96.1 Å². The van der Waals surface area contributed by atoms with Crippen molar-refractivity contribution in [2.75, 3.05) is 6.54 Å². The largest absolute Gasteiger partial charge is 0.458 e. The Labute approximate surface area is 662 Å². The predicted octanol–water partition coefficient (Wildman–Crippen LogP) is 24.7. The minimum Gasteiger partial charge on any atom is -0.280 e. The molecule has 1 atom stereocenters. The first-order chi connectivity index (χ1) is 57.3. The highest BCUT2D eigenvalue weighted by atomic mass is 27.2. The Balaban J connectivity index is 0.000000284. The molecule has 2 N–H and O–H groups in total. The lowest BCUT2D eigenvalue weighted by molar-refractivity contribution is -0.808. The molecule has 1 unspecified atom stereocenters. The van der Waals surface area contributed by atoms with Crippen LogP contribution in [0, 0.1) is 215 Å². The van der Waals surface area contributed by atoms with Gasteiger partial charge in [-0.25, -0.2) is 158 Å². The third-order valence-corrected chi connectivity index (χ3v) is 25.4. The van der Waals surface area contributed by atoms with Crippen LogP contribution in [0.3, 0.4) is 0 Å². The smallest absolute Gasteiger partial charge is 0.280 e. The molecule has 0 radical (unpaired) electrons. The number of nitrogens with two attached hydrogens (primary N) is 1. The summed E-state index contributed by atoms with van der Waals surface area (Å²) in [6, 6.07) is -4.80. The molecule has 1 nitrogen and oxygen atoms in total. The van der Waals surface area contributed by atoms with E-state index >= 15 is 105 Å². The van der Waals surface area contributed by atoms with E-state index in [0.717, 1.165) is 32.1 Å². The van der Waals surface area contributed by atoms with E-state index in [-0.39, 0.29) is 24.2 Å². The van der Waals surface area contributed by atoms with E-state index in [1.807, 2.05) is 20.8 Å². The van der Waals surface area contributed by atoms with Crippen molar-refractivity contribution < 1.29 is 225 Å². The molecule has 684 valence electrons. The number of alkyl halides is 14. The zero-order valence-corrected chi connectivity index (χ0v) is 61.6. The molecule has 0 saturated carbocycles. The quantitative estimate of drug-likeness (QED) is 0.0184. The zero-order valence-electron chi connectivity index (χ0n) is 60.4. The second-order valence-electron chi connectivity index (χ2n) is 26.8. The lowest BCUT2D eigenvalue weighted by Gasteiger charge is -2.44. The summed E-state index contributed by atoms with van der Waals surface area (Å²) < 4.78 is 728. The van der Waals surface area contributed by atoms with E-state index in [9.17, 15) is 114 Å². The Bertz CT molecular complexity index is 5490. The van der Waals surface area contributed by atoms with Gasteiger partial charge >= 0.3 is 36.2 Å². The average molecular weight is 1900 g/mol. The van der Waals surface area contributed by atoms with Gasteiger partial charge in [-0.15, -0.1) is 8.78 Å². The van der Waals surface area contributed by atoms with Gasteiger partial charge in [0.25, 0.3) is 13.1 Å². The van der Waals surface area contributed by atoms with Crippen LogP contribution in [0.4, 0.5) is 220 Å². The Morgan fingerprint density at radius 2 is 0.496 bits per heavy atom. The fourth-order valence-electron chi connectivity index (χ4n) is 13.9. The number of fused-ring (bicyclic) bond motifs is 4. The van der Waals surface area contributed by atoms with Crippen LogP contribution < -0.4 is 23.0 Å². The van der Waals surface area contributed by atoms with Gasteiger partial charge in [-0.05, 0) is 40.3 Å². The summed E-state index contributed by atoms with van der Waals surface area (Å²) in [5.74, 6) is -148. The molecule has 10 aromatic rings. The molecule has 0 bridgehead atoms. The molecule has 0 heterocycles. The van der Waals surface area contributed by atoms with Crippen LogP contribution in [0.15, 0.2) is 0 Å². The normalized spacial score (nSPS) is 13.0. The standard InChI is InChI=1S/C18H33F6N.C15F16.4C10F7.Al/c1-4-7-9-10-13-16(19,20)17(21,22)18(23,24)25-14-12-15(6-3)11-8-5-2;16-5-2(6(17)10(21)12(23)9(5)20)1-3(13(24,25)15(29,30)31)7(18)11(22)8(19)4(1)14(26,27)28;4*11-3-1-2-4(7(14)6(3)13)8(15)10(17)9(16)5(2)12;/h15,25H,4-14H2,1-3H3;;;;;;/q;;;;;;-1/p+1. The number of benzene rings is 10. The molecule has 0 saturated heterocycles. The maximum atomic E-state index is 17.3. The summed E-state index contributed by atoms with van der Waals surface area (Å²) in [5.41, 5.74) is -14.2. The van der Waals surface area contributed by atoms with E-state index in [0.29, 0.717) is 19.3 Å². The van der Waals surface area contributed by atoms with E-state index < -0.39 is 348 Å². The van der Waals surface area contributed by atoms with Gasteiger partial charge in [0.05, 0.1) is 39.2 Å². The van der Waals surface area contributed by atoms with Gasteiger partial charge in [0, 0.05) is 12.0 Å². The summed E-state index contributed by atoms with van der Waals surface area (Å²) in [7, 11) is 0. The third-order valence-electron chi connectivity index (χ3n) is 19.7. The Morgan fingerprint density at radius 1 is 0.248 bits per heavy atom. The van der Waals surface area contributed by atoms with Crippen molar-refractivity contribution in [1.29, 1.82) is 0 Å². The predicted molar refractivity (Wildman–Crippen MR) is 334 cm³/mol. The maximum Gasteiger partial charge on any atom is 0.458 e. The molecule has 10 aromatic carbocycles. The van der Waals surface area contributed by atoms with Crippen LogP contribution >= 0.6 is 0 Å². The SMILES string of the molecule is CCCCCCC(F)(F)C(F)(F)C(F)(F)[NH2+]CCC(CC)CCCC.Fc1c(F)c(F)c(-c2c(C(F)(F)F)c(F)c(F)c(F)c2C(F)(F)C(F)(F)F)c(F)c1F.Fc1c(F)c(F)c2[c]([Al-]([c]3c(F)c(F)c(F)c4c(F)c(F)c(F)c(F)c34)([c]3c(F)c(F)c(F)c4c(F)c(F)c(F)c(F)c34)[c]3c(F)c(F)c(F)c4c(F)c(F)c(F)c(F)c34)c(F)c(F)c(F)c2c1F. The Hall–Kier alpha value is -9.77. The fourth-order valence-corrected chi connectivity index (χ4v) is 20.5. The monoisotopic (exact) mass is 1900 g/mol. The number of unbranched alkanes of at least 4 members (excludes halogenated alkanes) is 4. The van der Waals surface area contributed by atoms with Crippen molar-refractivity contribution >= 4 is 73.9 Å². The van der Waals surface area contributed by atoms with Crippen LogP contribution in [0.2, 0.25) is 0 Å². The summed E-state index contributed by atoms with van der Waals surface area (Å²) in [5, 5.41) is -26.6. The van der Waals surface area contributed by atoms with Gasteiger partial charge in [-0.1, -0.05) is 65.7 Å². The van der Waals surface area contributed by atoms with Gasteiger partial charge in [0.2, 0.25) is 5.82 Å². The molecule has 125 heavy (non-hydrogen) atoms. The first-order valence-corrected chi connectivity index (χ1v) is 36.3. The van der Waals surface area contributed by atoms with Crippen LogP contribution in [-0.4, -0.2) is 43.7 Å². The molecule has 0 aromatic heterocycles. The van der Waals surface area contributed by atoms with E-state index in [2.05, 4.69) is 0 Å². The van der Waals surface area contributed by atoms with Crippen molar-refractivity contribution in [2.45, 2.75) is 121 Å². The highest BCUT2D eigenvalue weighted by Gasteiger charge is 2.74. The number of quaternary nitrogens is 1. The van der Waals surface area contributed by atoms with E-state index in [4.69, 9.17) is 0 Å². The van der Waals surface area contributed by atoms with Gasteiger partial charge in [-0.2, -0.15) is 70.4 Å². The third kappa shape index (κ3) is 15.9. The summed E-state index contributed by atoms with van der Waals surface area (Å²) >= 11 is -10.2. The number of rotatable bonds is 21. The van der Waals surface area contributed by atoms with Crippen LogP contribution in [0.25, 0.3) is 54.2 Å². The minimum atomic E-state index is -10.2. The molecule has 0 aliphatic rings. The lowest BCUT2D eigenvalue weighted by Crippen LogP contribution is -2.99. The molecular weight excluding hydrogens is 1870 g/mol. The molecular formula is C73H34AlF50N. The van der Waals surface area contributed by atoms with Crippen LogP contribution in [0.5, 0.6) is 0 Å². The number of hydrogen-bond donors (Lipinski definition) is 1. The molecule has 52 heteroatoms.